The number of amidine groups is 1. The molecule has 4 heterocycles. The minimum atomic E-state index is 0.0215. The number of nitrogens with zero attached hydrogens (tertiary/aromatic N) is 4. The fraction of sp³-hybridized carbons (Fsp3) is 0.333. The van der Waals surface area contributed by atoms with Crippen LogP contribution in [0, 0.1) is 13.8 Å². The van der Waals surface area contributed by atoms with E-state index in [1.54, 1.807) is 0 Å². The van der Waals surface area contributed by atoms with E-state index in [0.717, 1.165) is 17.9 Å². The summed E-state index contributed by atoms with van der Waals surface area (Å²) in [5.74, 6) is 1.12. The van der Waals surface area contributed by atoms with Gasteiger partial charge in [-0.2, -0.15) is 0 Å². The molecule has 5 heteroatoms. The summed E-state index contributed by atoms with van der Waals surface area (Å²) in [6.07, 6.45) is 5.18. The molecule has 1 aromatic carbocycles. The van der Waals surface area contributed by atoms with Gasteiger partial charge in [0.15, 0.2) is 5.17 Å². The number of thioether (sulfide) groups is 1. The second-order valence-electron chi connectivity index (χ2n) is 7.91. The largest absolute Gasteiger partial charge is 0.337 e. The van der Waals surface area contributed by atoms with Crippen LogP contribution in [0.3, 0.4) is 0 Å². The average Bonchev–Trinajstić information content (AvgIpc) is 3.45. The van der Waals surface area contributed by atoms with Crippen molar-refractivity contribution in [2.75, 3.05) is 5.75 Å². The lowest BCUT2D eigenvalue weighted by molar-refractivity contribution is 0.249. The number of pyridine rings is 1. The van der Waals surface area contributed by atoms with Crippen LogP contribution in [0.2, 0.25) is 0 Å². The first-order chi connectivity index (χ1) is 14.2. The zero-order chi connectivity index (χ0) is 20.0. The van der Waals surface area contributed by atoms with E-state index >= 15 is 0 Å². The highest BCUT2D eigenvalue weighted by molar-refractivity contribution is 8.14. The van der Waals surface area contributed by atoms with Gasteiger partial charge in [0.1, 0.15) is 12.1 Å². The second-order valence-corrected chi connectivity index (χ2v) is 8.90. The predicted octanol–water partition coefficient (Wildman–Crippen LogP) is 5.47. The van der Waals surface area contributed by atoms with Crippen molar-refractivity contribution in [3.05, 3.63) is 83.4 Å². The smallest absolute Gasteiger partial charge is 0.160 e. The van der Waals surface area contributed by atoms with Gasteiger partial charge < -0.3 is 9.47 Å². The minimum Gasteiger partial charge on any atom is -0.337 e. The molecule has 0 N–H and O–H groups in total. The number of hydrogen-bond acceptors (Lipinski definition) is 4. The molecule has 0 unspecified atom stereocenters. The Balaban J connectivity index is 1.63. The maximum Gasteiger partial charge on any atom is 0.160 e. The van der Waals surface area contributed by atoms with E-state index in [0.29, 0.717) is 6.04 Å². The average molecular weight is 403 g/mol. The van der Waals surface area contributed by atoms with Gasteiger partial charge in [-0.05, 0) is 67.8 Å². The highest BCUT2D eigenvalue weighted by atomic mass is 32.2. The van der Waals surface area contributed by atoms with Crippen LogP contribution in [0.1, 0.15) is 47.9 Å². The van der Waals surface area contributed by atoms with Gasteiger partial charge in [-0.3, -0.25) is 9.98 Å². The van der Waals surface area contributed by atoms with Crippen molar-refractivity contribution in [2.45, 2.75) is 45.3 Å². The van der Waals surface area contributed by atoms with Gasteiger partial charge in [-0.15, -0.1) is 0 Å². The lowest BCUT2D eigenvalue weighted by atomic mass is 9.99. The molecule has 0 saturated carbocycles. The monoisotopic (exact) mass is 402 g/mol. The van der Waals surface area contributed by atoms with E-state index in [4.69, 9.17) is 4.99 Å². The highest BCUT2D eigenvalue weighted by Gasteiger charge is 2.46. The Kier molecular flexibility index (Phi) is 4.70. The van der Waals surface area contributed by atoms with Gasteiger partial charge in [0.25, 0.3) is 0 Å². The quantitative estimate of drug-likeness (QED) is 0.580. The maximum absolute atomic E-state index is 5.15. The highest BCUT2D eigenvalue weighted by Crippen LogP contribution is 2.48. The number of rotatable bonds is 4. The summed E-state index contributed by atoms with van der Waals surface area (Å²) in [6.45, 7) is 6.62. The molecule has 2 aromatic heterocycles. The summed E-state index contributed by atoms with van der Waals surface area (Å²) >= 11 is 1.89. The van der Waals surface area contributed by atoms with Crippen LogP contribution < -0.4 is 0 Å². The van der Waals surface area contributed by atoms with E-state index < -0.39 is 0 Å². The molecule has 2 aliphatic heterocycles. The van der Waals surface area contributed by atoms with Gasteiger partial charge in [-0.1, -0.05) is 30.8 Å². The molecule has 1 fully saturated rings. The molecule has 29 heavy (non-hydrogen) atoms. The van der Waals surface area contributed by atoms with Crippen LogP contribution >= 0.6 is 11.8 Å². The maximum atomic E-state index is 5.15. The zero-order valence-corrected chi connectivity index (χ0v) is 17.9. The van der Waals surface area contributed by atoms with E-state index in [-0.39, 0.29) is 12.1 Å². The lowest BCUT2D eigenvalue weighted by Crippen LogP contribution is -2.36. The summed E-state index contributed by atoms with van der Waals surface area (Å²) in [5.41, 5.74) is 6.17. The molecule has 1 saturated heterocycles. The SMILES string of the molecule is CC[C@@H]1CSC2=N[C@H](c3ccccn3)[C@@H](c3cccn3-c3ccc(C)c(C)c3)N21. The summed E-state index contributed by atoms with van der Waals surface area (Å²) < 4.78 is 2.33. The van der Waals surface area contributed by atoms with Crippen molar-refractivity contribution in [2.24, 2.45) is 4.99 Å². The number of aryl methyl sites for hydroxylation is 2. The van der Waals surface area contributed by atoms with E-state index in [2.05, 4.69) is 83.9 Å². The second kappa shape index (κ2) is 7.38. The predicted molar refractivity (Wildman–Crippen MR) is 121 cm³/mol. The number of fused-ring (bicyclic) bond motifs is 1. The number of hydrogen-bond donors (Lipinski definition) is 0. The van der Waals surface area contributed by atoms with Crippen LogP contribution in [0.4, 0.5) is 0 Å². The van der Waals surface area contributed by atoms with Crippen LogP contribution in [0.15, 0.2) is 65.9 Å². The third-order valence-electron chi connectivity index (χ3n) is 6.18. The Morgan fingerprint density at radius 2 is 1.97 bits per heavy atom. The van der Waals surface area contributed by atoms with E-state index in [1.165, 1.54) is 27.7 Å². The molecule has 4 nitrogen and oxygen atoms in total. The number of benzene rings is 1. The van der Waals surface area contributed by atoms with Crippen LogP contribution in [-0.4, -0.2) is 31.4 Å². The third-order valence-corrected chi connectivity index (χ3v) is 7.31. The molecule has 2 aliphatic rings. The van der Waals surface area contributed by atoms with Crippen molar-refractivity contribution in [3.63, 3.8) is 0 Å². The van der Waals surface area contributed by atoms with Crippen LogP contribution in [-0.2, 0) is 0 Å². The van der Waals surface area contributed by atoms with Gasteiger partial charge in [0, 0.05) is 35.6 Å². The number of aromatic nitrogens is 2. The van der Waals surface area contributed by atoms with Crippen molar-refractivity contribution in [3.8, 4) is 5.69 Å². The normalized spacial score (nSPS) is 23.3. The van der Waals surface area contributed by atoms with Gasteiger partial charge in [0.2, 0.25) is 0 Å². The fourth-order valence-corrected chi connectivity index (χ4v) is 5.75. The van der Waals surface area contributed by atoms with Crippen molar-refractivity contribution in [1.82, 2.24) is 14.5 Å². The van der Waals surface area contributed by atoms with Crippen LogP contribution in [0.5, 0.6) is 0 Å². The van der Waals surface area contributed by atoms with E-state index in [9.17, 15) is 0 Å². The summed E-state index contributed by atoms with van der Waals surface area (Å²) in [4.78, 5) is 12.4. The molecule has 148 valence electrons. The van der Waals surface area contributed by atoms with Gasteiger partial charge in [0.05, 0.1) is 5.69 Å². The first-order valence-corrected chi connectivity index (χ1v) is 11.3. The Labute approximate surface area is 176 Å². The first-order valence-electron chi connectivity index (χ1n) is 10.3. The number of aliphatic imine (C=N–C) groups is 1. The summed E-state index contributed by atoms with van der Waals surface area (Å²) in [7, 11) is 0. The first kappa shape index (κ1) is 18.5. The van der Waals surface area contributed by atoms with Crippen molar-refractivity contribution in [1.29, 1.82) is 0 Å². The van der Waals surface area contributed by atoms with E-state index in [1.807, 2.05) is 24.0 Å². The van der Waals surface area contributed by atoms with Gasteiger partial charge in [-0.25, -0.2) is 0 Å². The molecule has 0 amide bonds. The molecule has 3 aromatic rings. The van der Waals surface area contributed by atoms with Crippen molar-refractivity contribution < 1.29 is 0 Å². The van der Waals surface area contributed by atoms with Gasteiger partial charge >= 0.3 is 0 Å². The Hall–Kier alpha value is -2.53. The summed E-state index contributed by atoms with van der Waals surface area (Å²) in [5, 5.41) is 1.17. The molecule has 0 radical (unpaired) electrons. The summed E-state index contributed by atoms with van der Waals surface area (Å²) in [6, 6.07) is 18.0. The van der Waals surface area contributed by atoms with Crippen molar-refractivity contribution >= 4 is 16.9 Å². The molecule has 0 aliphatic carbocycles. The Bertz CT molecular complexity index is 1060. The van der Waals surface area contributed by atoms with Crippen LogP contribution in [0.25, 0.3) is 5.69 Å². The fourth-order valence-electron chi connectivity index (χ4n) is 4.42. The Morgan fingerprint density at radius 3 is 2.72 bits per heavy atom. The molecule has 5 rings (SSSR count). The lowest BCUT2D eigenvalue weighted by Gasteiger charge is -2.32. The third kappa shape index (κ3) is 3.08. The molecular weight excluding hydrogens is 376 g/mol. The Morgan fingerprint density at radius 1 is 1.07 bits per heavy atom. The zero-order valence-electron chi connectivity index (χ0n) is 17.1. The topological polar surface area (TPSA) is 33.4 Å². The standard InChI is InChI=1S/C24H26N4S/c1-4-18-15-29-24-26-22(20-8-5-6-12-25-20)23(28(18)24)21-9-7-13-27(21)19-11-10-16(2)17(3)14-19/h5-14,18,22-23H,4,15H2,1-3H3/t18-,22-,23-/m1/s1. The molecular formula is C24H26N4S. The molecule has 0 spiro atoms. The molecule has 3 atom stereocenters. The minimum absolute atomic E-state index is 0.0215. The molecule has 0 bridgehead atoms.